The molecule has 1 amide bonds. The summed E-state index contributed by atoms with van der Waals surface area (Å²) in [5, 5.41) is 0. The molecule has 92 valence electrons. The summed E-state index contributed by atoms with van der Waals surface area (Å²) in [5.74, 6) is -1.95. The quantitative estimate of drug-likeness (QED) is 0.701. The third kappa shape index (κ3) is 4.91. The first-order valence-electron chi connectivity index (χ1n) is 5.08. The number of nitrogens with two attached hydrogens (primary N) is 1. The molecule has 0 saturated carbocycles. The zero-order chi connectivity index (χ0) is 12.9. The van der Waals surface area contributed by atoms with Crippen LogP contribution < -0.4 is 5.73 Å². The molecule has 0 aromatic heterocycles. The second-order valence-corrected chi connectivity index (χ2v) is 4.76. The minimum absolute atomic E-state index is 0.102. The fraction of sp³-hybridized carbons (Fsp3) is 0.727. The third-order valence-corrected chi connectivity index (χ3v) is 2.20. The van der Waals surface area contributed by atoms with Gasteiger partial charge in [-0.15, -0.1) is 0 Å². The minimum Gasteiger partial charge on any atom is -0.469 e. The molecular formula is C11H19NO4. The maximum Gasteiger partial charge on any atom is 0.306 e. The van der Waals surface area contributed by atoms with Crippen LogP contribution in [-0.2, 0) is 19.1 Å². The molecule has 0 fully saturated rings. The van der Waals surface area contributed by atoms with Crippen molar-refractivity contribution < 1.29 is 19.1 Å². The van der Waals surface area contributed by atoms with Crippen LogP contribution in [-0.4, -0.2) is 24.8 Å². The zero-order valence-corrected chi connectivity index (χ0v) is 10.2. The van der Waals surface area contributed by atoms with Crippen LogP contribution in [0, 0.1) is 11.3 Å². The molecule has 16 heavy (non-hydrogen) atoms. The molecule has 0 heterocycles. The van der Waals surface area contributed by atoms with Gasteiger partial charge in [0.1, 0.15) is 5.78 Å². The number of primary amides is 1. The van der Waals surface area contributed by atoms with Gasteiger partial charge in [-0.2, -0.15) is 0 Å². The maximum absolute atomic E-state index is 11.9. The van der Waals surface area contributed by atoms with Gasteiger partial charge in [-0.3, -0.25) is 14.4 Å². The molecule has 0 saturated heterocycles. The first-order valence-corrected chi connectivity index (χ1v) is 5.08. The number of amides is 1. The Morgan fingerprint density at radius 2 is 1.69 bits per heavy atom. The van der Waals surface area contributed by atoms with E-state index < -0.39 is 23.2 Å². The smallest absolute Gasteiger partial charge is 0.306 e. The largest absolute Gasteiger partial charge is 0.469 e. The molecule has 1 unspecified atom stereocenters. The Bertz CT molecular complexity index is 291. The number of rotatable bonds is 5. The Balaban J connectivity index is 4.73. The van der Waals surface area contributed by atoms with Crippen molar-refractivity contribution in [1.82, 2.24) is 0 Å². The van der Waals surface area contributed by atoms with E-state index in [1.165, 1.54) is 7.11 Å². The van der Waals surface area contributed by atoms with E-state index >= 15 is 0 Å². The Morgan fingerprint density at radius 1 is 1.19 bits per heavy atom. The van der Waals surface area contributed by atoms with Crippen molar-refractivity contribution in [3.8, 4) is 0 Å². The number of carbonyl (C=O) groups excluding carboxylic acids is 3. The SMILES string of the molecule is COC(=O)CC(CC(N)=O)C(=O)C(C)(C)C. The second-order valence-electron chi connectivity index (χ2n) is 4.76. The summed E-state index contributed by atoms with van der Waals surface area (Å²) in [5.41, 5.74) is 4.45. The Kier molecular flexibility index (Phi) is 5.14. The number of esters is 1. The predicted molar refractivity (Wildman–Crippen MR) is 58.4 cm³/mol. The fourth-order valence-electron chi connectivity index (χ4n) is 1.40. The lowest BCUT2D eigenvalue weighted by Crippen LogP contribution is -2.33. The van der Waals surface area contributed by atoms with Gasteiger partial charge >= 0.3 is 5.97 Å². The van der Waals surface area contributed by atoms with Crippen molar-refractivity contribution in [2.75, 3.05) is 7.11 Å². The molecule has 5 heteroatoms. The van der Waals surface area contributed by atoms with Crippen LogP contribution >= 0.6 is 0 Å². The Morgan fingerprint density at radius 3 is 2.00 bits per heavy atom. The number of hydrogen-bond donors (Lipinski definition) is 1. The number of Topliss-reactive ketones (excluding diaryl/α,β-unsaturated/α-hetero) is 1. The molecule has 0 aromatic carbocycles. The highest BCUT2D eigenvalue weighted by Crippen LogP contribution is 2.24. The van der Waals surface area contributed by atoms with Gasteiger partial charge in [0.25, 0.3) is 0 Å². The zero-order valence-electron chi connectivity index (χ0n) is 10.2. The Labute approximate surface area is 95.3 Å². The van der Waals surface area contributed by atoms with Gasteiger partial charge in [0.05, 0.1) is 13.5 Å². The molecule has 0 aromatic rings. The van der Waals surface area contributed by atoms with Crippen LogP contribution in [0.5, 0.6) is 0 Å². The highest BCUT2D eigenvalue weighted by atomic mass is 16.5. The average molecular weight is 229 g/mol. The first kappa shape index (κ1) is 14.6. The minimum atomic E-state index is -0.690. The van der Waals surface area contributed by atoms with E-state index in [2.05, 4.69) is 4.74 Å². The monoisotopic (exact) mass is 229 g/mol. The summed E-state index contributed by atoms with van der Waals surface area (Å²) < 4.78 is 4.48. The van der Waals surface area contributed by atoms with Gasteiger partial charge in [-0.05, 0) is 0 Å². The van der Waals surface area contributed by atoms with Crippen molar-refractivity contribution in [3.63, 3.8) is 0 Å². The third-order valence-electron chi connectivity index (χ3n) is 2.20. The van der Waals surface area contributed by atoms with Gasteiger partial charge in [-0.1, -0.05) is 20.8 Å². The molecular weight excluding hydrogens is 210 g/mol. The molecule has 0 aliphatic carbocycles. The standard InChI is InChI=1S/C11H19NO4/c1-11(2,3)10(15)7(5-8(12)13)6-9(14)16-4/h7H,5-6H2,1-4H3,(H2,12,13). The Hall–Kier alpha value is -1.39. The molecule has 0 aliphatic heterocycles. The van der Waals surface area contributed by atoms with Crippen LogP contribution in [0.25, 0.3) is 0 Å². The molecule has 0 aliphatic rings. The van der Waals surface area contributed by atoms with E-state index in [1.807, 2.05) is 0 Å². The molecule has 0 spiro atoms. The van der Waals surface area contributed by atoms with Gasteiger partial charge in [-0.25, -0.2) is 0 Å². The second kappa shape index (κ2) is 5.63. The summed E-state index contributed by atoms with van der Waals surface area (Å²) in [7, 11) is 1.24. The van der Waals surface area contributed by atoms with Crippen molar-refractivity contribution >= 4 is 17.7 Å². The summed E-state index contributed by atoms with van der Waals surface area (Å²) in [6, 6.07) is 0. The van der Waals surface area contributed by atoms with Crippen LogP contribution in [0.1, 0.15) is 33.6 Å². The molecule has 1 atom stereocenters. The lowest BCUT2D eigenvalue weighted by Gasteiger charge is -2.23. The first-order chi connectivity index (χ1) is 7.18. The van der Waals surface area contributed by atoms with E-state index in [1.54, 1.807) is 20.8 Å². The molecule has 2 N–H and O–H groups in total. The van der Waals surface area contributed by atoms with E-state index in [4.69, 9.17) is 5.73 Å². The van der Waals surface area contributed by atoms with Crippen LogP contribution in [0.4, 0.5) is 0 Å². The predicted octanol–water partition coefficient (Wildman–Crippen LogP) is 0.656. The molecule has 0 rings (SSSR count). The molecule has 5 nitrogen and oxygen atoms in total. The summed E-state index contributed by atoms with van der Waals surface area (Å²) >= 11 is 0. The van der Waals surface area contributed by atoms with Gasteiger partial charge in [0.15, 0.2) is 0 Å². The topological polar surface area (TPSA) is 86.5 Å². The van der Waals surface area contributed by atoms with Gasteiger partial charge < -0.3 is 10.5 Å². The maximum atomic E-state index is 11.9. The fourth-order valence-corrected chi connectivity index (χ4v) is 1.40. The highest BCUT2D eigenvalue weighted by Gasteiger charge is 2.32. The number of carbonyl (C=O) groups is 3. The average Bonchev–Trinajstić information content (AvgIpc) is 2.13. The summed E-state index contributed by atoms with van der Waals surface area (Å²) in [4.78, 5) is 33.9. The van der Waals surface area contributed by atoms with E-state index in [0.29, 0.717) is 0 Å². The highest BCUT2D eigenvalue weighted by molar-refractivity contribution is 5.92. The summed E-state index contributed by atoms with van der Waals surface area (Å²) in [6.45, 7) is 5.21. The van der Waals surface area contributed by atoms with Crippen molar-refractivity contribution in [2.45, 2.75) is 33.6 Å². The summed E-state index contributed by atoms with van der Waals surface area (Å²) in [6.07, 6.45) is -0.221. The normalized spacial score (nSPS) is 13.0. The van der Waals surface area contributed by atoms with E-state index in [9.17, 15) is 14.4 Å². The number of hydrogen-bond acceptors (Lipinski definition) is 4. The lowest BCUT2D eigenvalue weighted by molar-refractivity contribution is -0.145. The number of ether oxygens (including phenoxy) is 1. The van der Waals surface area contributed by atoms with Gasteiger partial charge in [0.2, 0.25) is 5.91 Å². The van der Waals surface area contributed by atoms with E-state index in [0.717, 1.165) is 0 Å². The molecule has 0 bridgehead atoms. The number of methoxy groups -OCH3 is 1. The van der Waals surface area contributed by atoms with Crippen LogP contribution in [0.15, 0.2) is 0 Å². The van der Waals surface area contributed by atoms with Gasteiger partial charge in [0, 0.05) is 17.8 Å². The van der Waals surface area contributed by atoms with Crippen molar-refractivity contribution in [2.24, 2.45) is 17.1 Å². The van der Waals surface area contributed by atoms with Crippen LogP contribution in [0.2, 0.25) is 0 Å². The van der Waals surface area contributed by atoms with E-state index in [-0.39, 0.29) is 18.6 Å². The van der Waals surface area contributed by atoms with Crippen LogP contribution in [0.3, 0.4) is 0 Å². The molecule has 0 radical (unpaired) electrons. The van der Waals surface area contributed by atoms with Crippen molar-refractivity contribution in [1.29, 1.82) is 0 Å². The lowest BCUT2D eigenvalue weighted by atomic mass is 9.80. The van der Waals surface area contributed by atoms with Crippen molar-refractivity contribution in [3.05, 3.63) is 0 Å². The number of ketones is 1.